The molecule has 1 saturated heterocycles. The molecule has 1 aromatic carbocycles. The molecule has 0 spiro atoms. The molecule has 267 valence electrons. The number of hydrogen-bond donors (Lipinski definition) is 5. The van der Waals surface area contributed by atoms with Gasteiger partial charge in [0.05, 0.1) is 42.6 Å². The highest BCUT2D eigenvalue weighted by molar-refractivity contribution is 6.64. The molecular formula is C35H49BN3O10. The largest absolute Gasteiger partial charge is 0.456 e. The molecule has 0 aromatic heterocycles. The number of nitrogens with zero attached hydrogens (tertiary/aromatic N) is 1. The second-order valence-corrected chi connectivity index (χ2v) is 15.2. The third-order valence-electron chi connectivity index (χ3n) is 12.4. The molecule has 1 radical (unpaired) electrons. The quantitative estimate of drug-likeness (QED) is 0.0823. The second-order valence-electron chi connectivity index (χ2n) is 15.2. The molecule has 1 aromatic rings. The first-order chi connectivity index (χ1) is 22.9. The van der Waals surface area contributed by atoms with Gasteiger partial charge in [-0.1, -0.05) is 58.0 Å². The van der Waals surface area contributed by atoms with Crippen LogP contribution in [0.2, 0.25) is 0 Å². The maximum Gasteiger partial charge on any atom is 0.410 e. The number of esters is 1. The van der Waals surface area contributed by atoms with Gasteiger partial charge in [-0.2, -0.15) is 0 Å². The minimum absolute atomic E-state index is 0.103. The molecule has 1 heterocycles. The van der Waals surface area contributed by atoms with E-state index in [9.17, 15) is 34.5 Å². The van der Waals surface area contributed by atoms with E-state index >= 15 is 0 Å². The summed E-state index contributed by atoms with van der Waals surface area (Å²) >= 11 is 0. The number of rotatable bonds is 9. The first-order valence-corrected chi connectivity index (χ1v) is 16.8. The predicted octanol–water partition coefficient (Wildman–Crippen LogP) is 1.24. The summed E-state index contributed by atoms with van der Waals surface area (Å²) in [5, 5.41) is 39.1. The highest BCUT2D eigenvalue weighted by Crippen LogP contribution is 2.67. The van der Waals surface area contributed by atoms with E-state index in [1.807, 2.05) is 13.8 Å². The van der Waals surface area contributed by atoms with E-state index < -0.39 is 82.0 Å². The minimum atomic E-state index is -1.76. The van der Waals surface area contributed by atoms with Gasteiger partial charge in [0.15, 0.2) is 11.9 Å². The molecule has 6 N–H and O–H groups in total. The Balaban J connectivity index is 1.58. The summed E-state index contributed by atoms with van der Waals surface area (Å²) in [6, 6.07) is 7.57. The lowest BCUT2D eigenvalue weighted by molar-refractivity contribution is -0.302. The van der Waals surface area contributed by atoms with Crippen molar-refractivity contribution in [3.63, 3.8) is 0 Å². The van der Waals surface area contributed by atoms with Crippen LogP contribution in [0.1, 0.15) is 66.0 Å². The van der Waals surface area contributed by atoms with Crippen molar-refractivity contribution in [1.82, 2.24) is 10.1 Å². The molecule has 2 bridgehead atoms. The maximum atomic E-state index is 14.8. The van der Waals surface area contributed by atoms with E-state index in [4.69, 9.17) is 19.9 Å². The first-order valence-electron chi connectivity index (χ1n) is 16.8. The van der Waals surface area contributed by atoms with Gasteiger partial charge in [0.2, 0.25) is 0 Å². The number of hydrogen-bond acceptors (Lipinski definition) is 12. The lowest BCUT2D eigenvalue weighted by atomic mass is 9.40. The van der Waals surface area contributed by atoms with Crippen LogP contribution >= 0.6 is 0 Å². The zero-order valence-corrected chi connectivity index (χ0v) is 29.2. The molecule has 11 atom stereocenters. The Morgan fingerprint density at radius 2 is 1.86 bits per heavy atom. The SMILES string of the molecule is CC1=C2[C@@H](O)C(=O)[C@]3(C)[C@@H](OC(=O)N(C)CN)C[C@H]4OC[C@@]4(C)[C@H]3[C@H](C)[C@](O)(C[C@@H]1OC(=O)[C@H](O)[C@@H](N[B]C=O)c1ccccc1)C2(C)C. The highest BCUT2D eigenvalue weighted by atomic mass is 16.6. The van der Waals surface area contributed by atoms with Crippen molar-refractivity contribution in [3.05, 3.63) is 47.0 Å². The molecule has 1 amide bonds. The van der Waals surface area contributed by atoms with Crippen LogP contribution in [0.3, 0.4) is 0 Å². The van der Waals surface area contributed by atoms with Gasteiger partial charge in [-0.3, -0.25) is 9.69 Å². The van der Waals surface area contributed by atoms with Gasteiger partial charge < -0.3 is 45.3 Å². The number of fused-ring (bicyclic) bond motifs is 5. The van der Waals surface area contributed by atoms with Crippen LogP contribution in [0.25, 0.3) is 0 Å². The number of nitrogens with one attached hydrogen (secondary N) is 1. The first kappa shape index (κ1) is 37.1. The molecule has 2 saturated carbocycles. The number of nitrogens with two attached hydrogens (primary N) is 1. The zero-order chi connectivity index (χ0) is 36.3. The Kier molecular flexibility index (Phi) is 10.0. The van der Waals surface area contributed by atoms with E-state index in [1.165, 1.54) is 11.9 Å². The summed E-state index contributed by atoms with van der Waals surface area (Å²) in [6.45, 7) is 10.9. The van der Waals surface area contributed by atoms with Crippen LogP contribution in [0.4, 0.5) is 4.79 Å². The number of benzene rings is 1. The van der Waals surface area contributed by atoms with Gasteiger partial charge >= 0.3 is 12.1 Å². The molecule has 13 nitrogen and oxygen atoms in total. The normalized spacial score (nSPS) is 37.6. The smallest absolute Gasteiger partial charge is 0.410 e. The Labute approximate surface area is 287 Å². The summed E-state index contributed by atoms with van der Waals surface area (Å²) in [6.07, 6.45) is -6.12. The van der Waals surface area contributed by atoms with Crippen molar-refractivity contribution in [2.75, 3.05) is 20.3 Å². The van der Waals surface area contributed by atoms with Crippen LogP contribution in [0.5, 0.6) is 0 Å². The Morgan fingerprint density at radius 3 is 2.43 bits per heavy atom. The van der Waals surface area contributed by atoms with Gasteiger partial charge in [-0.05, 0) is 42.4 Å². The van der Waals surface area contributed by atoms with E-state index in [-0.39, 0.29) is 31.2 Å². The fraction of sp³-hybridized carbons (Fsp3) is 0.657. The Bertz CT molecular complexity index is 1510. The monoisotopic (exact) mass is 682 g/mol. The molecule has 0 unspecified atom stereocenters. The maximum absolute atomic E-state index is 14.8. The van der Waals surface area contributed by atoms with Gasteiger partial charge in [-0.25, -0.2) is 9.59 Å². The molecule has 3 fully saturated rings. The molecule has 3 aliphatic carbocycles. The van der Waals surface area contributed by atoms with Gasteiger partial charge in [-0.15, -0.1) is 0 Å². The van der Waals surface area contributed by atoms with Crippen LogP contribution in [0.15, 0.2) is 41.5 Å². The Hall–Kier alpha value is -3.14. The van der Waals surface area contributed by atoms with E-state index in [0.717, 1.165) is 7.41 Å². The summed E-state index contributed by atoms with van der Waals surface area (Å²) in [4.78, 5) is 53.8. The standard InChI is InChI=1S/C35H49BN3O10/c1-18-21(48-30(44)27(42)25(38-36-16-40)20-11-9-8-10-12-20)14-35(46)19(2)28-33(5)15-47-22(33)13-23(49-31(45)39(7)17-37)34(28,6)29(43)26(41)24(18)32(35,3)4/h8-12,16,19,21-23,25-28,38,41-42,46H,13-15,17,37H2,1-7H3/t19-,21-,22+,23-,25-,26+,27+,28+,33+,34+,35+/m0/s1. The van der Waals surface area contributed by atoms with Gasteiger partial charge in [0.25, 0.3) is 7.41 Å². The van der Waals surface area contributed by atoms with Crippen LogP contribution in [0, 0.1) is 28.1 Å². The van der Waals surface area contributed by atoms with E-state index in [0.29, 0.717) is 23.9 Å². The zero-order valence-electron chi connectivity index (χ0n) is 29.2. The molecule has 14 heteroatoms. The summed E-state index contributed by atoms with van der Waals surface area (Å²) in [5.41, 5.74) is 1.87. The lowest BCUT2D eigenvalue weighted by Crippen LogP contribution is -2.75. The summed E-state index contributed by atoms with van der Waals surface area (Å²) in [5.74, 6) is -2.91. The average molecular weight is 683 g/mol. The number of amides is 1. The number of aliphatic hydroxyl groups is 3. The van der Waals surface area contributed by atoms with Crippen molar-refractivity contribution in [2.24, 2.45) is 33.8 Å². The van der Waals surface area contributed by atoms with Crippen molar-refractivity contribution in [2.45, 2.75) is 96.5 Å². The fourth-order valence-corrected chi connectivity index (χ4v) is 9.53. The number of carbonyl (C=O) groups excluding carboxylic acids is 4. The van der Waals surface area contributed by atoms with Gasteiger partial charge in [0.1, 0.15) is 18.3 Å². The fourth-order valence-electron chi connectivity index (χ4n) is 9.53. The molecule has 4 aliphatic rings. The lowest BCUT2D eigenvalue weighted by Gasteiger charge is -2.68. The van der Waals surface area contributed by atoms with E-state index in [1.54, 1.807) is 58.0 Å². The van der Waals surface area contributed by atoms with E-state index in [2.05, 4.69) is 5.23 Å². The molecule has 5 rings (SSSR count). The average Bonchev–Trinajstić information content (AvgIpc) is 3.06. The third-order valence-corrected chi connectivity index (χ3v) is 12.4. The number of Topliss-reactive ketones (excluding diaryl/α,β-unsaturated/α-hetero) is 1. The molecular weight excluding hydrogens is 633 g/mol. The molecule has 1 aliphatic heterocycles. The van der Waals surface area contributed by atoms with Crippen LogP contribution in [-0.4, -0.2) is 108 Å². The number of aliphatic hydroxyl groups excluding tert-OH is 2. The van der Waals surface area contributed by atoms with Crippen LogP contribution in [-0.2, 0) is 28.6 Å². The van der Waals surface area contributed by atoms with Crippen LogP contribution < -0.4 is 11.0 Å². The van der Waals surface area contributed by atoms with Crippen molar-refractivity contribution >= 4 is 31.4 Å². The molecule has 49 heavy (non-hydrogen) atoms. The van der Waals surface area contributed by atoms with Crippen molar-refractivity contribution < 1.29 is 48.7 Å². The predicted molar refractivity (Wildman–Crippen MR) is 178 cm³/mol. The topological polar surface area (TPSA) is 198 Å². The summed E-state index contributed by atoms with van der Waals surface area (Å²) in [7, 11) is 2.56. The van der Waals surface area contributed by atoms with Gasteiger partial charge in [0, 0.05) is 30.7 Å². The van der Waals surface area contributed by atoms with Crippen molar-refractivity contribution in [3.8, 4) is 0 Å². The van der Waals surface area contributed by atoms with Crippen molar-refractivity contribution in [1.29, 1.82) is 0 Å². The number of ketones is 1. The third kappa shape index (κ3) is 5.64. The number of ether oxygens (including phenoxy) is 3. The summed E-state index contributed by atoms with van der Waals surface area (Å²) < 4.78 is 17.9. The second kappa shape index (κ2) is 13.2. The minimum Gasteiger partial charge on any atom is -0.456 e. The highest BCUT2D eigenvalue weighted by Gasteiger charge is 2.73. The number of carbonyl (C=O) groups is 4. The Morgan fingerprint density at radius 1 is 1.20 bits per heavy atom.